The molecule has 0 aromatic rings. The van der Waals surface area contributed by atoms with E-state index >= 15 is 0 Å². The molecule has 0 spiro atoms. The van der Waals surface area contributed by atoms with Crippen LogP contribution in [0.4, 0.5) is 0 Å². The Hall–Kier alpha value is -1.05. The van der Waals surface area contributed by atoms with Crippen LogP contribution < -0.4 is 0 Å². The minimum atomic E-state index is -0.175. The van der Waals surface area contributed by atoms with E-state index < -0.39 is 0 Å². The minimum Gasteiger partial charge on any atom is -0.469 e. The quantitative estimate of drug-likeness (QED) is 0.632. The van der Waals surface area contributed by atoms with Crippen molar-refractivity contribution in [1.29, 1.82) is 0 Å². The van der Waals surface area contributed by atoms with Crippen LogP contribution in [0.3, 0.4) is 0 Å². The number of hydrogen-bond acceptors (Lipinski definition) is 2. The molecule has 0 N–H and O–H groups in total. The van der Waals surface area contributed by atoms with Gasteiger partial charge < -0.3 is 4.74 Å². The lowest BCUT2D eigenvalue weighted by Gasteiger charge is -2.28. The lowest BCUT2D eigenvalue weighted by Crippen LogP contribution is -2.21. The molecular weight excluding hydrogens is 176 g/mol. The SMILES string of the molecule is C=C1C=C(CC(=O)OC)C(C)(C)C1C. The van der Waals surface area contributed by atoms with Crippen molar-refractivity contribution >= 4 is 5.97 Å². The Morgan fingerprint density at radius 2 is 2.21 bits per heavy atom. The van der Waals surface area contributed by atoms with Crippen molar-refractivity contribution < 1.29 is 9.53 Å². The molecule has 2 heteroatoms. The number of carbonyl (C=O) groups excluding carboxylic acids is 1. The summed E-state index contributed by atoms with van der Waals surface area (Å²) in [7, 11) is 1.42. The number of hydrogen-bond donors (Lipinski definition) is 0. The molecule has 1 aliphatic rings. The van der Waals surface area contributed by atoms with Gasteiger partial charge in [0, 0.05) is 0 Å². The monoisotopic (exact) mass is 194 g/mol. The molecular formula is C12H18O2. The molecule has 0 heterocycles. The summed E-state index contributed by atoms with van der Waals surface area (Å²) >= 11 is 0. The molecule has 0 radical (unpaired) electrons. The fourth-order valence-corrected chi connectivity index (χ4v) is 1.78. The van der Waals surface area contributed by atoms with E-state index in [1.807, 2.05) is 6.08 Å². The molecule has 0 aromatic heterocycles. The van der Waals surface area contributed by atoms with Crippen molar-refractivity contribution in [3.8, 4) is 0 Å². The van der Waals surface area contributed by atoms with Crippen LogP contribution in [0, 0.1) is 11.3 Å². The Balaban J connectivity index is 2.84. The molecule has 1 unspecified atom stereocenters. The summed E-state index contributed by atoms with van der Waals surface area (Å²) in [5, 5.41) is 0. The molecule has 0 amide bonds. The molecule has 1 atom stereocenters. The van der Waals surface area contributed by atoms with Crippen LogP contribution in [0.2, 0.25) is 0 Å². The number of methoxy groups -OCH3 is 1. The average Bonchev–Trinajstić information content (AvgIpc) is 2.30. The lowest BCUT2D eigenvalue weighted by atomic mass is 9.76. The van der Waals surface area contributed by atoms with Gasteiger partial charge in [-0.25, -0.2) is 0 Å². The van der Waals surface area contributed by atoms with Gasteiger partial charge in [0.1, 0.15) is 0 Å². The number of esters is 1. The fraction of sp³-hybridized carbons (Fsp3) is 0.583. The largest absolute Gasteiger partial charge is 0.469 e. The molecule has 78 valence electrons. The third kappa shape index (κ3) is 1.74. The smallest absolute Gasteiger partial charge is 0.309 e. The van der Waals surface area contributed by atoms with Crippen LogP contribution in [0.15, 0.2) is 23.8 Å². The van der Waals surface area contributed by atoms with Crippen LogP contribution in [0.5, 0.6) is 0 Å². The maximum Gasteiger partial charge on any atom is 0.309 e. The first-order valence-corrected chi connectivity index (χ1v) is 4.86. The van der Waals surface area contributed by atoms with Gasteiger partial charge in [0.25, 0.3) is 0 Å². The van der Waals surface area contributed by atoms with Crippen molar-refractivity contribution in [2.45, 2.75) is 27.2 Å². The number of ether oxygens (including phenoxy) is 1. The molecule has 0 saturated heterocycles. The Kier molecular flexibility index (Phi) is 2.84. The second-order valence-corrected chi connectivity index (χ2v) is 4.44. The highest BCUT2D eigenvalue weighted by Crippen LogP contribution is 2.46. The summed E-state index contributed by atoms with van der Waals surface area (Å²) in [6.07, 6.45) is 2.41. The van der Waals surface area contributed by atoms with Gasteiger partial charge in [-0.3, -0.25) is 4.79 Å². The molecule has 1 rings (SSSR count). The first-order chi connectivity index (χ1) is 6.39. The van der Waals surface area contributed by atoms with Crippen LogP contribution in [-0.4, -0.2) is 13.1 Å². The van der Waals surface area contributed by atoms with Crippen LogP contribution in [0.25, 0.3) is 0 Å². The van der Waals surface area contributed by atoms with Crippen LogP contribution >= 0.6 is 0 Å². The van der Waals surface area contributed by atoms with E-state index in [0.717, 1.165) is 11.1 Å². The summed E-state index contributed by atoms with van der Waals surface area (Å²) < 4.78 is 4.67. The first-order valence-electron chi connectivity index (χ1n) is 4.86. The predicted octanol–water partition coefficient (Wildman–Crippen LogP) is 2.71. The molecule has 0 aliphatic heterocycles. The first kappa shape index (κ1) is 11.0. The van der Waals surface area contributed by atoms with Gasteiger partial charge in [0.05, 0.1) is 13.5 Å². The maximum absolute atomic E-state index is 11.2. The van der Waals surface area contributed by atoms with Crippen molar-refractivity contribution in [2.75, 3.05) is 7.11 Å². The summed E-state index contributed by atoms with van der Waals surface area (Å²) in [4.78, 5) is 11.2. The highest BCUT2D eigenvalue weighted by atomic mass is 16.5. The van der Waals surface area contributed by atoms with Gasteiger partial charge >= 0.3 is 5.97 Å². The molecule has 0 bridgehead atoms. The van der Waals surface area contributed by atoms with E-state index in [9.17, 15) is 4.79 Å². The van der Waals surface area contributed by atoms with E-state index in [4.69, 9.17) is 0 Å². The highest BCUT2D eigenvalue weighted by molar-refractivity contribution is 5.73. The number of allylic oxidation sites excluding steroid dienone is 2. The second kappa shape index (κ2) is 3.60. The zero-order valence-corrected chi connectivity index (χ0v) is 9.39. The summed E-state index contributed by atoms with van der Waals surface area (Å²) in [5.74, 6) is 0.230. The highest BCUT2D eigenvalue weighted by Gasteiger charge is 2.37. The Morgan fingerprint density at radius 1 is 1.64 bits per heavy atom. The Morgan fingerprint density at radius 3 is 2.57 bits per heavy atom. The van der Waals surface area contributed by atoms with Gasteiger partial charge in [-0.2, -0.15) is 0 Å². The standard InChI is InChI=1S/C12H18O2/c1-8-6-10(7-11(13)14-5)12(3,4)9(8)2/h6,9H,1,7H2,2-5H3. The molecule has 2 nitrogen and oxygen atoms in total. The van der Waals surface area contributed by atoms with Gasteiger partial charge in [0.2, 0.25) is 0 Å². The molecule has 14 heavy (non-hydrogen) atoms. The van der Waals surface area contributed by atoms with Gasteiger partial charge in [-0.05, 0) is 11.3 Å². The normalized spacial score (nSPS) is 24.7. The van der Waals surface area contributed by atoms with E-state index in [1.165, 1.54) is 7.11 Å². The minimum absolute atomic E-state index is 0.0330. The Labute approximate surface area is 85.6 Å². The van der Waals surface area contributed by atoms with Gasteiger partial charge in [-0.1, -0.05) is 44.6 Å². The summed E-state index contributed by atoms with van der Waals surface area (Å²) in [6.45, 7) is 10.4. The number of rotatable bonds is 2. The van der Waals surface area contributed by atoms with Crippen LogP contribution in [0.1, 0.15) is 27.2 Å². The zero-order valence-electron chi connectivity index (χ0n) is 9.39. The van der Waals surface area contributed by atoms with Gasteiger partial charge in [-0.15, -0.1) is 0 Å². The van der Waals surface area contributed by atoms with Crippen molar-refractivity contribution in [3.63, 3.8) is 0 Å². The molecule has 0 fully saturated rings. The topological polar surface area (TPSA) is 26.3 Å². The van der Waals surface area contributed by atoms with Gasteiger partial charge in [0.15, 0.2) is 0 Å². The van der Waals surface area contributed by atoms with E-state index in [-0.39, 0.29) is 11.4 Å². The van der Waals surface area contributed by atoms with Crippen molar-refractivity contribution in [2.24, 2.45) is 11.3 Å². The molecule has 0 aromatic carbocycles. The van der Waals surface area contributed by atoms with Crippen molar-refractivity contribution in [1.82, 2.24) is 0 Å². The summed E-state index contributed by atoms with van der Waals surface area (Å²) in [6, 6.07) is 0. The van der Waals surface area contributed by atoms with Crippen LogP contribution in [-0.2, 0) is 9.53 Å². The lowest BCUT2D eigenvalue weighted by molar-refractivity contribution is -0.140. The average molecular weight is 194 g/mol. The van der Waals surface area contributed by atoms with E-state index in [0.29, 0.717) is 12.3 Å². The number of carbonyl (C=O) groups is 1. The third-order valence-electron chi connectivity index (χ3n) is 3.39. The maximum atomic E-state index is 11.2. The Bertz CT molecular complexity index is 297. The fourth-order valence-electron chi connectivity index (χ4n) is 1.78. The second-order valence-electron chi connectivity index (χ2n) is 4.44. The van der Waals surface area contributed by atoms with Crippen molar-refractivity contribution in [3.05, 3.63) is 23.8 Å². The molecule has 1 aliphatic carbocycles. The van der Waals surface area contributed by atoms with E-state index in [2.05, 4.69) is 32.1 Å². The zero-order chi connectivity index (χ0) is 10.9. The predicted molar refractivity (Wildman–Crippen MR) is 56.8 cm³/mol. The third-order valence-corrected chi connectivity index (χ3v) is 3.39. The van der Waals surface area contributed by atoms with E-state index in [1.54, 1.807) is 0 Å². The summed E-state index contributed by atoms with van der Waals surface area (Å²) in [5.41, 5.74) is 2.27. The molecule has 0 saturated carbocycles.